The molecule has 35 heavy (non-hydrogen) atoms. The molecule has 6 rings (SSSR count). The monoisotopic (exact) mass is 474 g/mol. The molecule has 0 fully saturated rings. The summed E-state index contributed by atoms with van der Waals surface area (Å²) in [5.74, 6) is 2.40. The van der Waals surface area contributed by atoms with Crippen LogP contribution in [0.4, 0.5) is 5.69 Å². The lowest BCUT2D eigenvalue weighted by atomic mass is 9.90. The number of likely N-dealkylation sites (N-methyl/N-ethyl adjacent to an activating group) is 1. The fourth-order valence-corrected chi connectivity index (χ4v) is 4.62. The van der Waals surface area contributed by atoms with Gasteiger partial charge in [0.25, 0.3) is 5.91 Å². The maximum atomic E-state index is 12.4. The van der Waals surface area contributed by atoms with E-state index < -0.39 is 0 Å². The molecule has 0 saturated heterocycles. The van der Waals surface area contributed by atoms with E-state index in [-0.39, 0.29) is 24.5 Å². The summed E-state index contributed by atoms with van der Waals surface area (Å²) in [6.45, 7) is 0.954. The SMILES string of the molecule is COc1c2c(cc3c1C(c1nnnn1-c1cccc(NC(=O)c4ccco4)c1)N(C)CC3)OCO2. The molecular weight excluding hydrogens is 452 g/mol. The minimum absolute atomic E-state index is 0.156. The van der Waals surface area contributed by atoms with Gasteiger partial charge in [-0.2, -0.15) is 4.68 Å². The number of amides is 1. The standard InChI is InChI=1S/C24H22N6O5/c1-29-9-8-14-11-18-21(35-13-34-18)22(32-2)19(14)20(29)23-26-27-28-30(23)16-6-3-5-15(12-16)25-24(31)17-7-4-10-33-17/h3-7,10-12,20H,8-9,13H2,1-2H3,(H,25,31). The summed E-state index contributed by atoms with van der Waals surface area (Å²) >= 11 is 0. The number of carbonyl (C=O) groups excluding carboxylic acids is 1. The first-order valence-electron chi connectivity index (χ1n) is 11.1. The fraction of sp³-hybridized carbons (Fsp3) is 0.250. The number of benzene rings is 2. The molecule has 1 unspecified atom stereocenters. The van der Waals surface area contributed by atoms with Gasteiger partial charge in [0.15, 0.2) is 23.1 Å². The second-order valence-electron chi connectivity index (χ2n) is 8.28. The van der Waals surface area contributed by atoms with Crippen molar-refractivity contribution in [1.82, 2.24) is 25.1 Å². The van der Waals surface area contributed by atoms with Crippen LogP contribution in [0.25, 0.3) is 5.69 Å². The molecule has 2 aliphatic heterocycles. The van der Waals surface area contributed by atoms with Crippen LogP contribution < -0.4 is 19.5 Å². The number of ether oxygens (including phenoxy) is 3. The first-order chi connectivity index (χ1) is 17.1. The predicted octanol–water partition coefficient (Wildman–Crippen LogP) is 2.82. The third-order valence-electron chi connectivity index (χ3n) is 6.23. The largest absolute Gasteiger partial charge is 0.492 e. The molecule has 2 aromatic heterocycles. The summed E-state index contributed by atoms with van der Waals surface area (Å²) < 4.78 is 24.0. The van der Waals surface area contributed by atoms with E-state index in [0.29, 0.717) is 34.4 Å². The Bertz CT molecular complexity index is 1400. The Kier molecular flexibility index (Phi) is 5.10. The minimum atomic E-state index is -0.342. The lowest BCUT2D eigenvalue weighted by Crippen LogP contribution is -2.35. The highest BCUT2D eigenvalue weighted by molar-refractivity contribution is 6.02. The molecule has 11 heteroatoms. The number of rotatable bonds is 5. The number of nitrogens with one attached hydrogen (secondary N) is 1. The minimum Gasteiger partial charge on any atom is -0.492 e. The number of hydrogen-bond acceptors (Lipinski definition) is 9. The Balaban J connectivity index is 1.40. The highest BCUT2D eigenvalue weighted by atomic mass is 16.7. The molecule has 2 aromatic carbocycles. The van der Waals surface area contributed by atoms with Crippen molar-refractivity contribution in [3.05, 3.63) is 71.4 Å². The van der Waals surface area contributed by atoms with Crippen LogP contribution in [0.2, 0.25) is 0 Å². The summed E-state index contributed by atoms with van der Waals surface area (Å²) in [5, 5.41) is 15.5. The molecule has 1 N–H and O–H groups in total. The number of fused-ring (bicyclic) bond motifs is 2. The van der Waals surface area contributed by atoms with Gasteiger partial charge < -0.3 is 23.9 Å². The van der Waals surface area contributed by atoms with Gasteiger partial charge in [-0.15, -0.1) is 5.10 Å². The number of methoxy groups -OCH3 is 1. The lowest BCUT2D eigenvalue weighted by Gasteiger charge is -2.34. The van der Waals surface area contributed by atoms with Crippen molar-refractivity contribution in [2.24, 2.45) is 0 Å². The average Bonchev–Trinajstić information content (AvgIpc) is 3.64. The topological polar surface area (TPSA) is 117 Å². The van der Waals surface area contributed by atoms with Gasteiger partial charge in [-0.1, -0.05) is 6.07 Å². The van der Waals surface area contributed by atoms with E-state index in [1.165, 1.54) is 6.26 Å². The molecule has 2 aliphatic rings. The summed E-state index contributed by atoms with van der Waals surface area (Å²) in [6, 6.07) is 12.3. The smallest absolute Gasteiger partial charge is 0.291 e. The van der Waals surface area contributed by atoms with E-state index >= 15 is 0 Å². The molecule has 1 amide bonds. The van der Waals surface area contributed by atoms with Gasteiger partial charge >= 0.3 is 0 Å². The van der Waals surface area contributed by atoms with Crippen LogP contribution in [0.3, 0.4) is 0 Å². The molecule has 0 radical (unpaired) electrons. The van der Waals surface area contributed by atoms with E-state index in [2.05, 4.69) is 25.7 Å². The van der Waals surface area contributed by atoms with Crippen molar-refractivity contribution in [1.29, 1.82) is 0 Å². The van der Waals surface area contributed by atoms with Gasteiger partial charge in [0.05, 0.1) is 19.1 Å². The molecule has 0 spiro atoms. The Labute approximate surface area is 200 Å². The number of carbonyl (C=O) groups is 1. The third-order valence-corrected chi connectivity index (χ3v) is 6.23. The average molecular weight is 474 g/mol. The van der Waals surface area contributed by atoms with E-state index in [4.69, 9.17) is 18.6 Å². The van der Waals surface area contributed by atoms with E-state index in [1.54, 1.807) is 36.1 Å². The number of hydrogen-bond donors (Lipinski definition) is 1. The van der Waals surface area contributed by atoms with Gasteiger partial charge in [-0.05, 0) is 65.9 Å². The maximum Gasteiger partial charge on any atom is 0.291 e. The van der Waals surface area contributed by atoms with Gasteiger partial charge in [-0.3, -0.25) is 9.69 Å². The summed E-state index contributed by atoms with van der Waals surface area (Å²) in [5.41, 5.74) is 3.33. The second-order valence-corrected chi connectivity index (χ2v) is 8.28. The molecule has 4 heterocycles. The molecule has 0 aliphatic carbocycles. The van der Waals surface area contributed by atoms with Gasteiger partial charge in [0.1, 0.15) is 6.04 Å². The van der Waals surface area contributed by atoms with Gasteiger partial charge in [0, 0.05) is 17.8 Å². The zero-order valence-corrected chi connectivity index (χ0v) is 19.1. The Hall–Kier alpha value is -4.38. The Morgan fingerprint density at radius 1 is 1.20 bits per heavy atom. The first kappa shape index (κ1) is 21.2. The van der Waals surface area contributed by atoms with Crippen LogP contribution in [-0.2, 0) is 6.42 Å². The fourth-order valence-electron chi connectivity index (χ4n) is 4.62. The first-order valence-corrected chi connectivity index (χ1v) is 11.1. The maximum absolute atomic E-state index is 12.4. The van der Waals surface area contributed by atoms with E-state index in [0.717, 1.165) is 24.1 Å². The number of aromatic nitrogens is 4. The highest BCUT2D eigenvalue weighted by Crippen LogP contribution is 2.50. The van der Waals surface area contributed by atoms with Crippen molar-refractivity contribution in [2.75, 3.05) is 32.8 Å². The van der Waals surface area contributed by atoms with Crippen molar-refractivity contribution in [2.45, 2.75) is 12.5 Å². The zero-order valence-electron chi connectivity index (χ0n) is 19.1. The molecule has 1 atom stereocenters. The number of anilines is 1. The van der Waals surface area contributed by atoms with Crippen molar-refractivity contribution in [3.63, 3.8) is 0 Å². The third kappa shape index (κ3) is 3.56. The molecule has 11 nitrogen and oxygen atoms in total. The predicted molar refractivity (Wildman–Crippen MR) is 123 cm³/mol. The van der Waals surface area contributed by atoms with Crippen LogP contribution in [0.15, 0.2) is 53.1 Å². The second kappa shape index (κ2) is 8.44. The summed E-state index contributed by atoms with van der Waals surface area (Å²) in [4.78, 5) is 14.6. The number of furan rings is 1. The normalized spacial score (nSPS) is 16.7. The molecular formula is C24H22N6O5. The Morgan fingerprint density at radius 2 is 2.11 bits per heavy atom. The quantitative estimate of drug-likeness (QED) is 0.466. The van der Waals surface area contributed by atoms with E-state index in [9.17, 15) is 4.79 Å². The molecule has 0 saturated carbocycles. The zero-order chi connectivity index (χ0) is 23.9. The van der Waals surface area contributed by atoms with E-state index in [1.807, 2.05) is 25.2 Å². The number of tetrazole rings is 1. The van der Waals surface area contributed by atoms with Crippen LogP contribution >= 0.6 is 0 Å². The van der Waals surface area contributed by atoms with Crippen LogP contribution in [-0.4, -0.2) is 58.5 Å². The van der Waals surface area contributed by atoms with Crippen molar-refractivity contribution >= 4 is 11.6 Å². The molecule has 178 valence electrons. The number of nitrogens with zero attached hydrogens (tertiary/aromatic N) is 5. The van der Waals surface area contributed by atoms with Crippen LogP contribution in [0.1, 0.15) is 33.5 Å². The highest BCUT2D eigenvalue weighted by Gasteiger charge is 2.37. The molecule has 4 aromatic rings. The summed E-state index contributed by atoms with van der Waals surface area (Å²) in [6.07, 6.45) is 2.28. The van der Waals surface area contributed by atoms with Crippen molar-refractivity contribution in [3.8, 4) is 22.9 Å². The summed E-state index contributed by atoms with van der Waals surface area (Å²) in [7, 11) is 3.65. The Morgan fingerprint density at radius 3 is 2.94 bits per heavy atom. The van der Waals surface area contributed by atoms with Crippen LogP contribution in [0.5, 0.6) is 17.2 Å². The van der Waals surface area contributed by atoms with Crippen LogP contribution in [0, 0.1) is 0 Å². The molecule has 0 bridgehead atoms. The van der Waals surface area contributed by atoms with Crippen molar-refractivity contribution < 1.29 is 23.4 Å². The lowest BCUT2D eigenvalue weighted by molar-refractivity contribution is 0.0996. The van der Waals surface area contributed by atoms with Gasteiger partial charge in [0.2, 0.25) is 12.5 Å². The van der Waals surface area contributed by atoms with Gasteiger partial charge in [-0.25, -0.2) is 0 Å².